The first-order valence-corrected chi connectivity index (χ1v) is 16.2. The van der Waals surface area contributed by atoms with Gasteiger partial charge in [-0.1, -0.05) is 60.7 Å². The van der Waals surface area contributed by atoms with E-state index in [1.54, 1.807) is 79.0 Å². The van der Waals surface area contributed by atoms with E-state index in [-0.39, 0.29) is 17.3 Å². The van der Waals surface area contributed by atoms with Gasteiger partial charge in [0.25, 0.3) is 17.5 Å². The molecule has 0 radical (unpaired) electrons. The number of nitro benzene ring substituents is 1. The van der Waals surface area contributed by atoms with E-state index < -0.39 is 22.0 Å². The Balaban J connectivity index is 1.25. The molecule has 12 heteroatoms. The Labute approximate surface area is 279 Å². The maximum Gasteiger partial charge on any atom is 0.272 e. The molecular formula is C35H29N5O5S2. The van der Waals surface area contributed by atoms with Gasteiger partial charge in [0.2, 0.25) is 5.91 Å². The number of hydrogen-bond donors (Lipinski definition) is 3. The molecule has 4 aromatic carbocycles. The fourth-order valence-electron chi connectivity index (χ4n) is 4.40. The molecule has 1 atom stereocenters. The number of aromatic nitrogens is 1. The lowest BCUT2D eigenvalue weighted by Gasteiger charge is -2.14. The van der Waals surface area contributed by atoms with Gasteiger partial charge in [-0.3, -0.25) is 24.5 Å². The van der Waals surface area contributed by atoms with Gasteiger partial charge >= 0.3 is 0 Å². The van der Waals surface area contributed by atoms with Gasteiger partial charge in [-0.15, -0.1) is 23.1 Å². The molecule has 0 spiro atoms. The highest BCUT2D eigenvalue weighted by molar-refractivity contribution is 8.00. The summed E-state index contributed by atoms with van der Waals surface area (Å²) in [6, 6.07) is 29.4. The largest absolute Gasteiger partial charge is 0.321 e. The van der Waals surface area contributed by atoms with Gasteiger partial charge in [-0.2, -0.15) is 0 Å². The number of nitro groups is 1. The van der Waals surface area contributed by atoms with Crippen molar-refractivity contribution in [2.75, 3.05) is 10.6 Å². The summed E-state index contributed by atoms with van der Waals surface area (Å²) in [4.78, 5) is 55.3. The molecule has 1 heterocycles. The minimum absolute atomic E-state index is 0.0417. The van der Waals surface area contributed by atoms with Gasteiger partial charge < -0.3 is 16.0 Å². The van der Waals surface area contributed by atoms with E-state index in [1.165, 1.54) is 35.2 Å². The van der Waals surface area contributed by atoms with E-state index >= 15 is 0 Å². The van der Waals surface area contributed by atoms with Crippen LogP contribution in [0.4, 0.5) is 16.5 Å². The highest BCUT2D eigenvalue weighted by Gasteiger charge is 2.19. The summed E-state index contributed by atoms with van der Waals surface area (Å²) in [6.07, 6.45) is 1.64. The van der Waals surface area contributed by atoms with Crippen LogP contribution in [0.1, 0.15) is 28.4 Å². The van der Waals surface area contributed by atoms with Gasteiger partial charge in [0, 0.05) is 39.2 Å². The summed E-state index contributed by atoms with van der Waals surface area (Å²) in [5, 5.41) is 21.1. The lowest BCUT2D eigenvalue weighted by atomic mass is 10.1. The quantitative estimate of drug-likeness (QED) is 0.0573. The van der Waals surface area contributed by atoms with Gasteiger partial charge in [-0.05, 0) is 61.4 Å². The summed E-state index contributed by atoms with van der Waals surface area (Å²) in [5.74, 6) is -1.20. The highest BCUT2D eigenvalue weighted by Crippen LogP contribution is 2.30. The first-order chi connectivity index (χ1) is 22.7. The molecule has 3 amide bonds. The topological polar surface area (TPSA) is 143 Å². The van der Waals surface area contributed by atoms with Gasteiger partial charge in [0.15, 0.2) is 5.13 Å². The van der Waals surface area contributed by atoms with Crippen LogP contribution < -0.4 is 16.0 Å². The molecule has 0 bridgehead atoms. The van der Waals surface area contributed by atoms with Crippen LogP contribution >= 0.6 is 23.1 Å². The second-order valence-corrected chi connectivity index (χ2v) is 12.6. The van der Waals surface area contributed by atoms with E-state index in [0.717, 1.165) is 16.0 Å². The molecule has 0 aliphatic rings. The van der Waals surface area contributed by atoms with E-state index in [1.807, 2.05) is 37.3 Å². The lowest BCUT2D eigenvalue weighted by Crippen LogP contribution is -2.30. The third kappa shape index (κ3) is 8.78. The van der Waals surface area contributed by atoms with E-state index in [2.05, 4.69) is 20.9 Å². The number of anilines is 2. The van der Waals surface area contributed by atoms with Crippen LogP contribution in [0.15, 0.2) is 119 Å². The summed E-state index contributed by atoms with van der Waals surface area (Å²) in [6.45, 7) is 3.67. The number of aryl methyl sites for hydroxylation is 1. The van der Waals surface area contributed by atoms with Crippen molar-refractivity contribution in [3.8, 4) is 11.3 Å². The molecule has 47 heavy (non-hydrogen) atoms. The third-order valence-electron chi connectivity index (χ3n) is 6.88. The Morgan fingerprint density at radius 3 is 2.43 bits per heavy atom. The molecule has 0 aliphatic heterocycles. The predicted molar refractivity (Wildman–Crippen MR) is 186 cm³/mol. The summed E-state index contributed by atoms with van der Waals surface area (Å²) in [5.41, 5.74) is 3.76. The number of hydrogen-bond acceptors (Lipinski definition) is 8. The van der Waals surface area contributed by atoms with Crippen LogP contribution in [-0.4, -0.2) is 32.9 Å². The lowest BCUT2D eigenvalue weighted by molar-refractivity contribution is -0.384. The van der Waals surface area contributed by atoms with Crippen LogP contribution in [-0.2, 0) is 9.59 Å². The Bertz CT molecular complexity index is 1980. The maximum atomic E-state index is 13.5. The summed E-state index contributed by atoms with van der Waals surface area (Å²) < 4.78 is 0. The van der Waals surface area contributed by atoms with Crippen molar-refractivity contribution in [3.63, 3.8) is 0 Å². The van der Waals surface area contributed by atoms with Gasteiger partial charge in [0.1, 0.15) is 5.70 Å². The van der Waals surface area contributed by atoms with E-state index in [9.17, 15) is 24.5 Å². The predicted octanol–water partition coefficient (Wildman–Crippen LogP) is 7.56. The van der Waals surface area contributed by atoms with Crippen LogP contribution in [0.3, 0.4) is 0 Å². The Morgan fingerprint density at radius 2 is 1.66 bits per heavy atom. The molecule has 0 fully saturated rings. The Kier molecular flexibility index (Phi) is 10.6. The zero-order chi connectivity index (χ0) is 33.3. The second kappa shape index (κ2) is 15.1. The van der Waals surface area contributed by atoms with E-state index in [4.69, 9.17) is 0 Å². The Hall–Kier alpha value is -5.59. The molecule has 3 N–H and O–H groups in total. The fraction of sp³-hybridized carbons (Fsp3) is 0.0857. The minimum atomic E-state index is -0.521. The molecule has 0 saturated carbocycles. The van der Waals surface area contributed by atoms with E-state index in [0.29, 0.717) is 27.6 Å². The second-order valence-electron chi connectivity index (χ2n) is 10.3. The number of non-ortho nitro benzene ring substituents is 1. The number of carbonyl (C=O) groups is 3. The van der Waals surface area contributed by atoms with Gasteiger partial charge in [0.05, 0.1) is 15.9 Å². The number of benzene rings is 4. The molecule has 1 aromatic heterocycles. The maximum absolute atomic E-state index is 13.5. The average Bonchev–Trinajstić information content (AvgIpc) is 3.54. The highest BCUT2D eigenvalue weighted by atomic mass is 32.2. The number of nitrogens with one attached hydrogen (secondary N) is 3. The first-order valence-electron chi connectivity index (χ1n) is 14.4. The zero-order valence-electron chi connectivity index (χ0n) is 25.3. The number of rotatable bonds is 11. The molecule has 1 unspecified atom stereocenters. The SMILES string of the molecule is Cc1ccccc1/C=C(\NC(=O)c1ccccc1)C(=O)Nc1cccc(SC(C)C(=O)Nc2nc(-c3cccc([N+](=O)[O-])c3)cs2)c1. The smallest absolute Gasteiger partial charge is 0.272 e. The molecular weight excluding hydrogens is 635 g/mol. The molecule has 0 aliphatic carbocycles. The van der Waals surface area contributed by atoms with Crippen LogP contribution in [0.2, 0.25) is 0 Å². The fourth-order valence-corrected chi connectivity index (χ4v) is 6.05. The van der Waals surface area contributed by atoms with Crippen molar-refractivity contribution < 1.29 is 19.3 Å². The van der Waals surface area contributed by atoms with Crippen molar-refractivity contribution in [1.82, 2.24) is 10.3 Å². The molecule has 236 valence electrons. The standard InChI is InChI=1S/C35H29N5O5S2/c1-22-10-6-7-13-25(22)19-30(37-33(42)24-11-4-3-5-12-24)34(43)36-27-15-9-17-29(20-27)47-23(2)32(41)39-35-38-31(21-46-35)26-14-8-16-28(18-26)40(44)45/h3-21,23H,1-2H3,(H,36,43)(H,37,42)(H,38,39,41)/b30-19-. The molecule has 5 rings (SSSR count). The molecule has 0 saturated heterocycles. The zero-order valence-corrected chi connectivity index (χ0v) is 26.9. The number of thioether (sulfide) groups is 1. The normalized spacial score (nSPS) is 11.7. The summed E-state index contributed by atoms with van der Waals surface area (Å²) in [7, 11) is 0. The van der Waals surface area contributed by atoms with Crippen LogP contribution in [0.25, 0.3) is 17.3 Å². The van der Waals surface area contributed by atoms with Crippen molar-refractivity contribution in [2.45, 2.75) is 24.0 Å². The number of nitrogens with zero attached hydrogens (tertiary/aromatic N) is 2. The number of amides is 3. The molecule has 5 aromatic rings. The summed E-state index contributed by atoms with van der Waals surface area (Å²) >= 11 is 2.52. The van der Waals surface area contributed by atoms with Crippen LogP contribution in [0, 0.1) is 17.0 Å². The number of carbonyl (C=O) groups excluding carboxylic acids is 3. The van der Waals surface area contributed by atoms with Crippen molar-refractivity contribution in [1.29, 1.82) is 0 Å². The monoisotopic (exact) mass is 663 g/mol. The van der Waals surface area contributed by atoms with Crippen molar-refractivity contribution >= 4 is 63.4 Å². The third-order valence-corrected chi connectivity index (χ3v) is 8.73. The molecule has 10 nitrogen and oxygen atoms in total. The van der Waals surface area contributed by atoms with Crippen molar-refractivity contribution in [3.05, 3.63) is 141 Å². The number of thiazole rings is 1. The van der Waals surface area contributed by atoms with Crippen molar-refractivity contribution in [2.24, 2.45) is 0 Å². The van der Waals surface area contributed by atoms with Crippen LogP contribution in [0.5, 0.6) is 0 Å². The first kappa shape index (κ1) is 32.8. The Morgan fingerprint density at radius 1 is 0.915 bits per heavy atom. The van der Waals surface area contributed by atoms with Gasteiger partial charge in [-0.25, -0.2) is 4.98 Å². The minimum Gasteiger partial charge on any atom is -0.321 e. The average molecular weight is 664 g/mol.